The Morgan fingerprint density at radius 3 is 1.02 bits per heavy atom. The summed E-state index contributed by atoms with van der Waals surface area (Å²) in [6.07, 6.45) is 30.1. The van der Waals surface area contributed by atoms with Gasteiger partial charge in [-0.15, -0.1) is 22.7 Å². The fraction of sp³-hybridized carbons (Fsp3) is 0.571. The minimum absolute atomic E-state index is 1.01. The Bertz CT molecular complexity index is 1210. The molecule has 2 aromatic heterocycles. The molecule has 250 valence electrons. The van der Waals surface area contributed by atoms with Crippen molar-refractivity contribution in [3.8, 4) is 32.5 Å². The Hall–Kier alpha value is -2.30. The Labute approximate surface area is 289 Å². The Kier molecular flexibility index (Phi) is 17.7. The van der Waals surface area contributed by atoms with Crippen LogP contribution in [0, 0.1) is 0 Å². The number of rotatable bonds is 25. The smallest absolute Gasteiger partial charge is 0.152 e. The molecular formula is C42H60N2S2. The summed E-state index contributed by atoms with van der Waals surface area (Å²) in [5.41, 5.74) is 7.39. The molecule has 2 heterocycles. The summed E-state index contributed by atoms with van der Waals surface area (Å²) >= 11 is 3.40. The van der Waals surface area contributed by atoms with Crippen molar-refractivity contribution in [3.05, 3.63) is 70.4 Å². The van der Waals surface area contributed by atoms with Crippen LogP contribution in [0.15, 0.2) is 59.3 Å². The van der Waals surface area contributed by atoms with Crippen LogP contribution in [-0.2, 0) is 12.8 Å². The van der Waals surface area contributed by atoms with Gasteiger partial charge in [0.05, 0.1) is 11.4 Å². The highest BCUT2D eigenvalue weighted by Gasteiger charge is 2.12. The molecule has 0 aliphatic heterocycles. The summed E-state index contributed by atoms with van der Waals surface area (Å²) in [7, 11) is 0. The van der Waals surface area contributed by atoms with Crippen LogP contribution in [0.3, 0.4) is 0 Å². The molecule has 2 aromatic carbocycles. The van der Waals surface area contributed by atoms with Crippen molar-refractivity contribution < 1.29 is 0 Å². The van der Waals surface area contributed by atoms with E-state index in [0.717, 1.165) is 21.4 Å². The summed E-state index contributed by atoms with van der Waals surface area (Å²) in [5, 5.41) is 6.38. The third kappa shape index (κ3) is 13.4. The van der Waals surface area contributed by atoms with Gasteiger partial charge in [-0.3, -0.25) is 0 Å². The van der Waals surface area contributed by atoms with E-state index in [-0.39, 0.29) is 0 Å². The molecule has 4 rings (SSSR count). The van der Waals surface area contributed by atoms with E-state index >= 15 is 0 Å². The molecule has 46 heavy (non-hydrogen) atoms. The van der Waals surface area contributed by atoms with Crippen molar-refractivity contribution in [2.75, 3.05) is 0 Å². The van der Waals surface area contributed by atoms with Gasteiger partial charge in [-0.2, -0.15) is 0 Å². The van der Waals surface area contributed by atoms with Gasteiger partial charge in [-0.05, 0) is 36.8 Å². The maximum atomic E-state index is 4.97. The molecule has 0 spiro atoms. The third-order valence-electron chi connectivity index (χ3n) is 9.33. The van der Waals surface area contributed by atoms with Crippen molar-refractivity contribution in [1.29, 1.82) is 0 Å². The van der Waals surface area contributed by atoms with Gasteiger partial charge < -0.3 is 0 Å². The van der Waals surface area contributed by atoms with E-state index in [1.165, 1.54) is 164 Å². The molecule has 0 N–H and O–H groups in total. The molecule has 0 amide bonds. The van der Waals surface area contributed by atoms with Crippen molar-refractivity contribution >= 4 is 22.7 Å². The molecule has 0 saturated heterocycles. The van der Waals surface area contributed by atoms with E-state index in [1.807, 2.05) is 0 Å². The van der Waals surface area contributed by atoms with E-state index in [0.29, 0.717) is 0 Å². The number of thiazole rings is 2. The van der Waals surface area contributed by atoms with E-state index < -0.39 is 0 Å². The van der Waals surface area contributed by atoms with E-state index in [9.17, 15) is 0 Å². The molecule has 0 atom stereocenters. The van der Waals surface area contributed by atoms with Gasteiger partial charge in [-0.1, -0.05) is 178 Å². The highest BCUT2D eigenvalue weighted by atomic mass is 32.1. The Balaban J connectivity index is 1.14. The van der Waals surface area contributed by atoms with Crippen LogP contribution in [-0.4, -0.2) is 9.97 Å². The predicted octanol–water partition coefficient (Wildman–Crippen LogP) is 14.5. The molecule has 0 unspecified atom stereocenters. The lowest BCUT2D eigenvalue weighted by atomic mass is 10.0. The number of hydrogen-bond donors (Lipinski definition) is 0. The topological polar surface area (TPSA) is 25.8 Å². The van der Waals surface area contributed by atoms with Crippen molar-refractivity contribution in [2.24, 2.45) is 0 Å². The highest BCUT2D eigenvalue weighted by molar-refractivity contribution is 7.20. The number of unbranched alkanes of at least 4 members (excludes halogenated alkanes) is 18. The second-order valence-electron chi connectivity index (χ2n) is 13.3. The second kappa shape index (κ2) is 22.3. The van der Waals surface area contributed by atoms with Crippen LogP contribution in [0.1, 0.15) is 153 Å². The SMILES string of the molecule is CCCCCCCCCCCCc1ccc(-c2csc(-c3nc(-c4ccc(CCCCCCCCCCCC)cc4)cs3)n2)cc1. The third-order valence-corrected chi connectivity index (χ3v) is 11.2. The lowest BCUT2D eigenvalue weighted by Gasteiger charge is -2.04. The monoisotopic (exact) mass is 656 g/mol. The maximum Gasteiger partial charge on any atom is 0.152 e. The molecule has 2 nitrogen and oxygen atoms in total. The van der Waals surface area contributed by atoms with Gasteiger partial charge in [-0.25, -0.2) is 9.97 Å². The van der Waals surface area contributed by atoms with Crippen LogP contribution >= 0.6 is 22.7 Å². The van der Waals surface area contributed by atoms with Crippen LogP contribution < -0.4 is 0 Å². The Morgan fingerprint density at radius 1 is 0.391 bits per heavy atom. The predicted molar refractivity (Wildman–Crippen MR) is 205 cm³/mol. The van der Waals surface area contributed by atoms with Crippen molar-refractivity contribution in [1.82, 2.24) is 9.97 Å². The number of aromatic nitrogens is 2. The van der Waals surface area contributed by atoms with E-state index in [4.69, 9.17) is 9.97 Å². The van der Waals surface area contributed by atoms with E-state index in [1.54, 1.807) is 22.7 Å². The highest BCUT2D eigenvalue weighted by Crippen LogP contribution is 2.33. The zero-order valence-electron chi connectivity index (χ0n) is 29.0. The summed E-state index contributed by atoms with van der Waals surface area (Å²) in [6, 6.07) is 18.2. The molecule has 4 heteroatoms. The van der Waals surface area contributed by atoms with Crippen LogP contribution in [0.4, 0.5) is 0 Å². The molecule has 0 aliphatic carbocycles. The Morgan fingerprint density at radius 2 is 0.696 bits per heavy atom. The first kappa shape index (κ1) is 36.5. The lowest BCUT2D eigenvalue weighted by molar-refractivity contribution is 0.556. The van der Waals surface area contributed by atoms with Gasteiger partial charge in [0.15, 0.2) is 10.0 Å². The first-order valence-corrected chi connectivity index (χ1v) is 20.6. The maximum absolute atomic E-state index is 4.97. The largest absolute Gasteiger partial charge is 0.233 e. The quantitative estimate of drug-likeness (QED) is 0.0663. The van der Waals surface area contributed by atoms with Crippen molar-refractivity contribution in [2.45, 2.75) is 155 Å². The normalized spacial score (nSPS) is 11.4. The first-order valence-electron chi connectivity index (χ1n) is 18.9. The summed E-state index contributed by atoms with van der Waals surface area (Å²) in [6.45, 7) is 4.58. The molecule has 0 aliphatic rings. The molecule has 4 aromatic rings. The van der Waals surface area contributed by atoms with Gasteiger partial charge in [0, 0.05) is 21.9 Å². The van der Waals surface area contributed by atoms with Crippen molar-refractivity contribution in [3.63, 3.8) is 0 Å². The fourth-order valence-corrected chi connectivity index (χ4v) is 8.03. The van der Waals surface area contributed by atoms with Gasteiger partial charge >= 0.3 is 0 Å². The number of hydrogen-bond acceptors (Lipinski definition) is 4. The lowest BCUT2D eigenvalue weighted by Crippen LogP contribution is -1.88. The van der Waals surface area contributed by atoms with Crippen LogP contribution in [0.25, 0.3) is 32.5 Å². The van der Waals surface area contributed by atoms with E-state index in [2.05, 4.69) is 73.1 Å². The molecular weight excluding hydrogens is 597 g/mol. The van der Waals surface area contributed by atoms with Gasteiger partial charge in [0.25, 0.3) is 0 Å². The van der Waals surface area contributed by atoms with Gasteiger partial charge in [0.2, 0.25) is 0 Å². The molecule has 0 radical (unpaired) electrons. The zero-order chi connectivity index (χ0) is 32.1. The van der Waals surface area contributed by atoms with Crippen LogP contribution in [0.5, 0.6) is 0 Å². The average Bonchev–Trinajstić information content (AvgIpc) is 3.78. The first-order chi connectivity index (χ1) is 22.8. The minimum Gasteiger partial charge on any atom is -0.233 e. The fourth-order valence-electron chi connectivity index (χ4n) is 6.33. The average molecular weight is 657 g/mol. The second-order valence-corrected chi connectivity index (χ2v) is 15.0. The standard InChI is InChI=1S/C42H60N2S2/c1-3-5-7-9-11-13-15-17-19-21-23-35-25-29-37(30-26-35)39-33-45-41(43-39)42-44-40(34-46-42)38-31-27-36(28-32-38)24-22-20-18-16-14-12-10-8-6-4-2/h25-34H,3-24H2,1-2H3. The molecule has 0 fully saturated rings. The summed E-state index contributed by atoms with van der Waals surface area (Å²) < 4.78 is 0. The van der Waals surface area contributed by atoms with Crippen LogP contribution in [0.2, 0.25) is 0 Å². The summed E-state index contributed by atoms with van der Waals surface area (Å²) in [5.74, 6) is 0. The molecule has 0 bridgehead atoms. The minimum atomic E-state index is 1.01. The number of aryl methyl sites for hydroxylation is 2. The number of nitrogens with zero attached hydrogens (tertiary/aromatic N) is 2. The number of benzene rings is 2. The summed E-state index contributed by atoms with van der Waals surface area (Å²) in [4.78, 5) is 9.94. The zero-order valence-corrected chi connectivity index (χ0v) is 30.7. The molecule has 0 saturated carbocycles. The van der Waals surface area contributed by atoms with Gasteiger partial charge in [0.1, 0.15) is 0 Å².